The summed E-state index contributed by atoms with van der Waals surface area (Å²) in [5.74, 6) is 1.02. The van der Waals surface area contributed by atoms with Gasteiger partial charge in [0.15, 0.2) is 22.2 Å². The summed E-state index contributed by atoms with van der Waals surface area (Å²) in [7, 11) is 3.03. The average Bonchev–Trinajstić information content (AvgIpc) is 3.21. The number of nitrogens with zero attached hydrogens (tertiary/aromatic N) is 1. The highest BCUT2D eigenvalue weighted by molar-refractivity contribution is 7.80. The Labute approximate surface area is 194 Å². The maximum absolute atomic E-state index is 12.5. The Balaban J connectivity index is 1.48. The fraction of sp³-hybridized carbons (Fsp3) is 0.0870. The van der Waals surface area contributed by atoms with Crippen LogP contribution in [0.1, 0.15) is 10.4 Å². The molecule has 4 rings (SSSR count). The fourth-order valence-corrected chi connectivity index (χ4v) is 3.50. The third kappa shape index (κ3) is 4.51. The van der Waals surface area contributed by atoms with Gasteiger partial charge >= 0.3 is 0 Å². The second-order valence-electron chi connectivity index (χ2n) is 6.66. The number of hydrogen-bond acceptors (Lipinski definition) is 6. The summed E-state index contributed by atoms with van der Waals surface area (Å²) in [6.07, 6.45) is 0. The van der Waals surface area contributed by atoms with Crippen molar-refractivity contribution in [2.75, 3.05) is 19.5 Å². The summed E-state index contributed by atoms with van der Waals surface area (Å²) >= 11 is 11.5. The van der Waals surface area contributed by atoms with E-state index in [0.29, 0.717) is 50.3 Å². The molecule has 0 aliphatic carbocycles. The largest absolute Gasteiger partial charge is 0.493 e. The highest BCUT2D eigenvalue weighted by atomic mass is 35.5. The molecule has 4 aromatic rings. The minimum absolute atomic E-state index is 0.138. The molecule has 0 bridgehead atoms. The van der Waals surface area contributed by atoms with Crippen molar-refractivity contribution in [3.63, 3.8) is 0 Å². The quantitative estimate of drug-likeness (QED) is 0.385. The van der Waals surface area contributed by atoms with Crippen LogP contribution in [0.2, 0.25) is 5.02 Å². The number of halogens is 1. The van der Waals surface area contributed by atoms with Crippen molar-refractivity contribution in [3.05, 3.63) is 71.2 Å². The van der Waals surface area contributed by atoms with Gasteiger partial charge in [-0.25, -0.2) is 4.98 Å². The maximum atomic E-state index is 12.5. The van der Waals surface area contributed by atoms with Crippen LogP contribution in [0.3, 0.4) is 0 Å². The number of thiocarbonyl (C=S) groups is 1. The number of amides is 1. The molecule has 1 heterocycles. The molecular weight excluding hydrogens is 450 g/mol. The zero-order valence-corrected chi connectivity index (χ0v) is 18.7. The van der Waals surface area contributed by atoms with E-state index in [2.05, 4.69) is 15.6 Å². The summed E-state index contributed by atoms with van der Waals surface area (Å²) in [5, 5.41) is 6.32. The van der Waals surface area contributed by atoms with Crippen LogP contribution < -0.4 is 20.1 Å². The number of nitrogens with one attached hydrogen (secondary N) is 2. The number of rotatable bonds is 5. The number of fused-ring (bicyclic) bond motifs is 1. The standard InChI is InChI=1S/C23H18ClN3O4S/c1-29-19-9-7-13(11-20(19)30-2)21(28)27-23(32)25-14-8-10-18-17(12-14)26-22(31-18)15-5-3-4-6-16(15)24/h3-12H,1-2H3,(H2,25,27,28,32). The first-order valence-corrected chi connectivity index (χ1v) is 10.3. The zero-order chi connectivity index (χ0) is 22.7. The Hall–Kier alpha value is -3.62. The van der Waals surface area contributed by atoms with Crippen molar-refractivity contribution in [2.24, 2.45) is 0 Å². The Morgan fingerprint density at radius 2 is 1.81 bits per heavy atom. The first kappa shape index (κ1) is 21.6. The van der Waals surface area contributed by atoms with E-state index in [9.17, 15) is 4.79 Å². The lowest BCUT2D eigenvalue weighted by Gasteiger charge is -2.11. The van der Waals surface area contributed by atoms with E-state index in [4.69, 9.17) is 37.7 Å². The van der Waals surface area contributed by atoms with Crippen LogP contribution in [-0.2, 0) is 0 Å². The molecule has 1 amide bonds. The maximum Gasteiger partial charge on any atom is 0.257 e. The molecule has 0 fully saturated rings. The molecule has 0 atom stereocenters. The van der Waals surface area contributed by atoms with Gasteiger partial charge < -0.3 is 19.2 Å². The number of aromatic nitrogens is 1. The zero-order valence-electron chi connectivity index (χ0n) is 17.1. The normalized spacial score (nSPS) is 10.6. The first-order chi connectivity index (χ1) is 15.5. The van der Waals surface area contributed by atoms with Crippen LogP contribution in [0.15, 0.2) is 65.1 Å². The van der Waals surface area contributed by atoms with Gasteiger partial charge in [0.2, 0.25) is 5.89 Å². The van der Waals surface area contributed by atoms with Crippen molar-refractivity contribution in [1.82, 2.24) is 10.3 Å². The molecule has 162 valence electrons. The van der Waals surface area contributed by atoms with Crippen molar-refractivity contribution in [3.8, 4) is 23.0 Å². The number of ether oxygens (including phenoxy) is 2. The van der Waals surface area contributed by atoms with Crippen molar-refractivity contribution >= 4 is 51.6 Å². The Morgan fingerprint density at radius 3 is 2.56 bits per heavy atom. The smallest absolute Gasteiger partial charge is 0.257 e. The van der Waals surface area contributed by atoms with E-state index in [1.54, 1.807) is 42.5 Å². The lowest BCUT2D eigenvalue weighted by Crippen LogP contribution is -2.34. The summed E-state index contributed by atoms with van der Waals surface area (Å²) in [4.78, 5) is 17.1. The number of hydrogen-bond donors (Lipinski definition) is 2. The van der Waals surface area contributed by atoms with Crippen LogP contribution in [0.25, 0.3) is 22.6 Å². The van der Waals surface area contributed by atoms with Gasteiger partial charge in [-0.05, 0) is 60.7 Å². The third-order valence-electron chi connectivity index (χ3n) is 4.62. The van der Waals surface area contributed by atoms with E-state index < -0.39 is 0 Å². The van der Waals surface area contributed by atoms with Gasteiger partial charge in [-0.2, -0.15) is 0 Å². The molecule has 9 heteroatoms. The Kier molecular flexibility index (Phi) is 6.25. The third-order valence-corrected chi connectivity index (χ3v) is 5.16. The number of benzene rings is 3. The second-order valence-corrected chi connectivity index (χ2v) is 7.47. The van der Waals surface area contributed by atoms with Gasteiger partial charge in [0.25, 0.3) is 5.91 Å². The number of oxazole rings is 1. The number of carbonyl (C=O) groups is 1. The Morgan fingerprint density at radius 1 is 1.03 bits per heavy atom. The molecule has 32 heavy (non-hydrogen) atoms. The topological polar surface area (TPSA) is 85.6 Å². The minimum Gasteiger partial charge on any atom is -0.493 e. The lowest BCUT2D eigenvalue weighted by molar-refractivity contribution is 0.0977. The minimum atomic E-state index is -0.382. The Bertz CT molecular complexity index is 1320. The van der Waals surface area contributed by atoms with Crippen molar-refractivity contribution in [1.29, 1.82) is 0 Å². The fourth-order valence-electron chi connectivity index (χ4n) is 3.07. The molecular formula is C23H18ClN3O4S. The highest BCUT2D eigenvalue weighted by Gasteiger charge is 2.14. The second kappa shape index (κ2) is 9.25. The first-order valence-electron chi connectivity index (χ1n) is 9.48. The van der Waals surface area contributed by atoms with Crippen molar-refractivity contribution in [2.45, 2.75) is 0 Å². The van der Waals surface area contributed by atoms with Crippen LogP contribution >= 0.6 is 23.8 Å². The monoisotopic (exact) mass is 467 g/mol. The summed E-state index contributed by atoms with van der Waals surface area (Å²) in [6.45, 7) is 0. The van der Waals surface area contributed by atoms with Gasteiger partial charge in [-0.1, -0.05) is 23.7 Å². The molecule has 0 aliphatic rings. The van der Waals surface area contributed by atoms with E-state index in [1.165, 1.54) is 14.2 Å². The molecule has 0 aliphatic heterocycles. The number of carbonyl (C=O) groups excluding carboxylic acids is 1. The number of methoxy groups -OCH3 is 2. The molecule has 7 nitrogen and oxygen atoms in total. The predicted molar refractivity (Wildman–Crippen MR) is 128 cm³/mol. The molecule has 2 N–H and O–H groups in total. The lowest BCUT2D eigenvalue weighted by atomic mass is 10.2. The van der Waals surface area contributed by atoms with E-state index in [-0.39, 0.29) is 11.0 Å². The SMILES string of the molecule is COc1ccc(C(=O)NC(=S)Nc2ccc3oc(-c4ccccc4Cl)nc3c2)cc1OC. The van der Waals surface area contributed by atoms with E-state index >= 15 is 0 Å². The molecule has 0 spiro atoms. The van der Waals surface area contributed by atoms with E-state index in [0.717, 1.165) is 0 Å². The summed E-state index contributed by atoms with van der Waals surface area (Å²) < 4.78 is 16.2. The average molecular weight is 468 g/mol. The van der Waals surface area contributed by atoms with Crippen molar-refractivity contribution < 1.29 is 18.7 Å². The molecule has 0 saturated carbocycles. The summed E-state index contributed by atoms with van der Waals surface area (Å²) in [5.41, 5.74) is 2.96. The number of anilines is 1. The molecule has 0 radical (unpaired) electrons. The van der Waals surface area contributed by atoms with Crippen LogP contribution in [-0.4, -0.2) is 30.2 Å². The van der Waals surface area contributed by atoms with Crippen LogP contribution in [0.4, 0.5) is 5.69 Å². The molecule has 3 aromatic carbocycles. The van der Waals surface area contributed by atoms with Gasteiger partial charge in [0, 0.05) is 11.3 Å². The van der Waals surface area contributed by atoms with Crippen LogP contribution in [0, 0.1) is 0 Å². The summed E-state index contributed by atoms with van der Waals surface area (Å²) in [6, 6.07) is 17.5. The van der Waals surface area contributed by atoms with Gasteiger partial charge in [-0.15, -0.1) is 0 Å². The van der Waals surface area contributed by atoms with Crippen LogP contribution in [0.5, 0.6) is 11.5 Å². The highest BCUT2D eigenvalue weighted by Crippen LogP contribution is 2.31. The molecule has 0 unspecified atom stereocenters. The van der Waals surface area contributed by atoms with Gasteiger partial charge in [0.05, 0.1) is 24.8 Å². The van der Waals surface area contributed by atoms with Gasteiger partial charge in [-0.3, -0.25) is 10.1 Å². The molecule has 0 saturated heterocycles. The van der Waals surface area contributed by atoms with Gasteiger partial charge in [0.1, 0.15) is 5.52 Å². The predicted octanol–water partition coefficient (Wildman–Crippen LogP) is 5.29. The van der Waals surface area contributed by atoms with E-state index in [1.807, 2.05) is 18.2 Å². The molecule has 1 aromatic heterocycles.